The molecule has 6 bridgehead atoms. The number of nitrogens with one attached hydrogen (secondary N) is 3. The fraction of sp³-hybridized carbons (Fsp3) is 0.512. The average molecular weight is 801 g/mol. The maximum atomic E-state index is 14.6. The zero-order valence-corrected chi connectivity index (χ0v) is 32.9. The van der Waals surface area contributed by atoms with Crippen molar-refractivity contribution in [3.63, 3.8) is 0 Å². The van der Waals surface area contributed by atoms with Gasteiger partial charge in [0.05, 0.1) is 35.4 Å². The van der Waals surface area contributed by atoms with Gasteiger partial charge in [-0.25, -0.2) is 23.2 Å². The topological polar surface area (TPSA) is 195 Å². The molecule has 302 valence electrons. The predicted octanol–water partition coefficient (Wildman–Crippen LogP) is 4.02. The van der Waals surface area contributed by atoms with E-state index in [0.29, 0.717) is 60.1 Å². The van der Waals surface area contributed by atoms with Crippen molar-refractivity contribution in [2.75, 3.05) is 26.3 Å². The molecule has 5 atom stereocenters. The summed E-state index contributed by atoms with van der Waals surface area (Å²) >= 11 is 0. The van der Waals surface area contributed by atoms with Crippen molar-refractivity contribution in [2.45, 2.75) is 88.1 Å². The molecule has 8 rings (SSSR count). The van der Waals surface area contributed by atoms with Crippen molar-refractivity contribution in [3.05, 3.63) is 60.7 Å². The summed E-state index contributed by atoms with van der Waals surface area (Å²) in [5.74, 6) is -2.56. The first-order valence-corrected chi connectivity index (χ1v) is 21.3. The molecule has 2 saturated carbocycles. The van der Waals surface area contributed by atoms with E-state index >= 15 is 0 Å². The van der Waals surface area contributed by atoms with E-state index in [4.69, 9.17) is 24.2 Å². The molecule has 0 radical (unpaired) electrons. The molecule has 1 unspecified atom stereocenters. The average Bonchev–Trinajstić information content (AvgIpc) is 4.11. The van der Waals surface area contributed by atoms with Crippen LogP contribution in [0.1, 0.15) is 65.2 Å². The van der Waals surface area contributed by atoms with Gasteiger partial charge in [-0.2, -0.15) is 0 Å². The number of hydrogen-bond donors (Lipinski definition) is 3. The first-order valence-electron chi connectivity index (χ1n) is 19.7. The zero-order chi connectivity index (χ0) is 40.0. The largest absolute Gasteiger partial charge is 0.493 e. The van der Waals surface area contributed by atoms with Crippen LogP contribution in [0, 0.1) is 17.3 Å². The highest BCUT2D eigenvalue weighted by Crippen LogP contribution is 2.46. The van der Waals surface area contributed by atoms with Gasteiger partial charge >= 0.3 is 6.09 Å². The number of allylic oxidation sites excluding steroid dienone is 1. The van der Waals surface area contributed by atoms with Gasteiger partial charge in [-0.05, 0) is 62.8 Å². The van der Waals surface area contributed by atoms with Crippen molar-refractivity contribution in [2.24, 2.45) is 17.3 Å². The molecule has 2 aliphatic carbocycles. The normalized spacial score (nSPS) is 28.6. The lowest BCUT2D eigenvalue weighted by Crippen LogP contribution is -2.55. The van der Waals surface area contributed by atoms with E-state index in [1.165, 1.54) is 4.90 Å². The van der Waals surface area contributed by atoms with Crippen LogP contribution in [0.5, 0.6) is 11.6 Å². The Bertz CT molecular complexity index is 2230. The van der Waals surface area contributed by atoms with Gasteiger partial charge in [0.1, 0.15) is 35.7 Å². The molecule has 2 aromatic carbocycles. The molecule has 1 saturated heterocycles. The quantitative estimate of drug-likeness (QED) is 0.324. The second-order valence-corrected chi connectivity index (χ2v) is 18.6. The van der Waals surface area contributed by atoms with Crippen molar-refractivity contribution in [1.82, 2.24) is 30.2 Å². The molecule has 16 heteroatoms. The summed E-state index contributed by atoms with van der Waals surface area (Å²) in [4.78, 5) is 67.4. The van der Waals surface area contributed by atoms with E-state index < -0.39 is 74.0 Å². The van der Waals surface area contributed by atoms with Crippen LogP contribution in [0.15, 0.2) is 60.7 Å². The molecule has 3 N–H and O–H groups in total. The number of nitrogens with zero attached hydrogens (tertiary/aromatic N) is 3. The SMILES string of the molecule is CC1(C)COC(=O)N[C@H]2CCCCC/C=C/[C@@H]3C[C@]3(C(=O)NS(=O)(=O)C3CC3)NC(=O)C3CN(C[C@@H]3Oc3nc4ccccc4nc3-c3cccc(c3)OC1)C2=O. The molecule has 4 amide bonds. The number of aromatic nitrogens is 2. The Morgan fingerprint density at radius 2 is 1.70 bits per heavy atom. The predicted molar refractivity (Wildman–Crippen MR) is 208 cm³/mol. The number of para-hydroxylation sites is 2. The van der Waals surface area contributed by atoms with Crippen LogP contribution in [0.4, 0.5) is 4.79 Å². The molecule has 3 aliphatic heterocycles. The summed E-state index contributed by atoms with van der Waals surface area (Å²) in [6.07, 6.45) is 6.45. The van der Waals surface area contributed by atoms with Crippen molar-refractivity contribution in [1.29, 1.82) is 0 Å². The second kappa shape index (κ2) is 15.3. The van der Waals surface area contributed by atoms with Gasteiger partial charge in [0.2, 0.25) is 27.7 Å². The first-order chi connectivity index (χ1) is 27.3. The monoisotopic (exact) mass is 800 g/mol. The third-order valence-electron chi connectivity index (χ3n) is 11.3. The number of benzene rings is 2. The van der Waals surface area contributed by atoms with Crippen LogP contribution in [-0.4, -0.2) is 96.3 Å². The van der Waals surface area contributed by atoms with Crippen LogP contribution in [0.3, 0.4) is 0 Å². The third kappa shape index (κ3) is 8.41. The number of amides is 4. The number of fused-ring (bicyclic) bond motifs is 10. The zero-order valence-electron chi connectivity index (χ0n) is 32.1. The van der Waals surface area contributed by atoms with Crippen LogP contribution >= 0.6 is 0 Å². The Morgan fingerprint density at radius 1 is 0.930 bits per heavy atom. The minimum Gasteiger partial charge on any atom is -0.493 e. The van der Waals surface area contributed by atoms with Crippen molar-refractivity contribution in [3.8, 4) is 22.9 Å². The fourth-order valence-electron chi connectivity index (χ4n) is 7.72. The van der Waals surface area contributed by atoms with Crippen molar-refractivity contribution >= 4 is 44.9 Å². The van der Waals surface area contributed by atoms with Gasteiger partial charge < -0.3 is 29.7 Å². The van der Waals surface area contributed by atoms with E-state index in [-0.39, 0.29) is 38.6 Å². The molecule has 1 aromatic heterocycles. The minimum atomic E-state index is -3.90. The lowest BCUT2D eigenvalue weighted by Gasteiger charge is -2.27. The molecule has 57 heavy (non-hydrogen) atoms. The standard InChI is InChI=1S/C41H48N6O9S/c1-40(2)23-54-27-13-10-11-25(19-27)34-36(43-31-15-9-8-14-30(31)42-34)56-33-22-47-21-29(33)35(48)45-41(38(50)46-57(52,53)28-17-18-28)20-26(41)12-6-4-3-5-7-16-32(37(47)49)44-39(51)55-24-40/h6,8-15,19,26,28-29,32-33H,3-5,7,16-18,20-24H2,1-2H3,(H,44,51)(H,45,48)(H,46,50)/b12-6+/t26-,29?,32+,33+,41+/m1/s1. The van der Waals surface area contributed by atoms with Gasteiger partial charge in [0.15, 0.2) is 0 Å². The van der Waals surface area contributed by atoms with Crippen LogP contribution in [-0.2, 0) is 29.1 Å². The fourth-order valence-corrected chi connectivity index (χ4v) is 9.09. The number of sulfonamides is 1. The molecular weight excluding hydrogens is 753 g/mol. The third-order valence-corrected chi connectivity index (χ3v) is 13.2. The lowest BCUT2D eigenvalue weighted by molar-refractivity contribution is -0.134. The van der Waals surface area contributed by atoms with Crippen LogP contribution in [0.2, 0.25) is 0 Å². The molecule has 15 nitrogen and oxygen atoms in total. The van der Waals surface area contributed by atoms with Gasteiger partial charge in [-0.1, -0.05) is 63.1 Å². The van der Waals surface area contributed by atoms with Gasteiger partial charge in [-0.15, -0.1) is 0 Å². The highest BCUT2D eigenvalue weighted by Gasteiger charge is 2.62. The maximum Gasteiger partial charge on any atom is 0.407 e. The van der Waals surface area contributed by atoms with E-state index in [2.05, 4.69) is 15.4 Å². The summed E-state index contributed by atoms with van der Waals surface area (Å²) in [7, 11) is -3.90. The number of carbonyl (C=O) groups excluding carboxylic acids is 4. The van der Waals surface area contributed by atoms with Gasteiger partial charge in [0.25, 0.3) is 5.91 Å². The Labute approximate surface area is 331 Å². The minimum absolute atomic E-state index is 0.0201. The number of cyclic esters (lactones) is 1. The van der Waals surface area contributed by atoms with Crippen molar-refractivity contribution < 1.29 is 41.8 Å². The number of rotatable bonds is 3. The first kappa shape index (κ1) is 38.6. The van der Waals surface area contributed by atoms with Gasteiger partial charge in [-0.3, -0.25) is 19.1 Å². The van der Waals surface area contributed by atoms with Crippen LogP contribution in [0.25, 0.3) is 22.3 Å². The number of alkyl carbamates (subject to hydrolysis) is 1. The molecule has 3 fully saturated rings. The second-order valence-electron chi connectivity index (χ2n) is 16.6. The Hall–Kier alpha value is -5.25. The summed E-state index contributed by atoms with van der Waals surface area (Å²) in [5, 5.41) is 5.09. The highest BCUT2D eigenvalue weighted by atomic mass is 32.2. The molecule has 3 aromatic rings. The van der Waals surface area contributed by atoms with E-state index in [9.17, 15) is 27.6 Å². The Kier molecular flexibility index (Phi) is 10.3. The summed E-state index contributed by atoms with van der Waals surface area (Å²) < 4.78 is 46.6. The van der Waals surface area contributed by atoms with Gasteiger partial charge in [0, 0.05) is 23.4 Å². The Morgan fingerprint density at radius 3 is 2.49 bits per heavy atom. The van der Waals surface area contributed by atoms with E-state index in [0.717, 1.165) is 12.8 Å². The highest BCUT2D eigenvalue weighted by molar-refractivity contribution is 7.91. The molecule has 5 aliphatic rings. The maximum absolute atomic E-state index is 14.6. The molecular formula is C41H48N6O9S. The Balaban J connectivity index is 1.19. The number of ether oxygens (including phenoxy) is 3. The smallest absolute Gasteiger partial charge is 0.407 e. The summed E-state index contributed by atoms with van der Waals surface area (Å²) in [5.41, 5.74) is 0.0938. The lowest BCUT2D eigenvalue weighted by atomic mass is 9.96. The summed E-state index contributed by atoms with van der Waals surface area (Å²) in [6, 6.07) is 13.7. The molecule has 4 heterocycles. The van der Waals surface area contributed by atoms with E-state index in [1.807, 2.05) is 68.5 Å². The molecule has 0 spiro atoms. The number of carbonyl (C=O) groups is 4. The summed E-state index contributed by atoms with van der Waals surface area (Å²) in [6.45, 7) is 3.91. The van der Waals surface area contributed by atoms with E-state index in [1.54, 1.807) is 6.07 Å². The number of hydrogen-bond acceptors (Lipinski definition) is 11. The van der Waals surface area contributed by atoms with Crippen LogP contribution < -0.4 is 24.8 Å².